The van der Waals surface area contributed by atoms with Crippen molar-refractivity contribution in [2.24, 2.45) is 0 Å². The van der Waals surface area contributed by atoms with E-state index in [-0.39, 0.29) is 18.6 Å². The molecule has 1 amide bonds. The van der Waals surface area contributed by atoms with Crippen molar-refractivity contribution in [3.63, 3.8) is 0 Å². The molecule has 1 heterocycles. The Morgan fingerprint density at radius 1 is 1.32 bits per heavy atom. The van der Waals surface area contributed by atoms with Crippen LogP contribution in [-0.2, 0) is 0 Å². The van der Waals surface area contributed by atoms with Crippen LogP contribution in [-0.4, -0.2) is 40.6 Å². The first kappa shape index (κ1) is 16.0. The number of hydrogen-bond acceptors (Lipinski definition) is 4. The van der Waals surface area contributed by atoms with Crippen molar-refractivity contribution in [2.45, 2.75) is 19.9 Å². The minimum absolute atomic E-state index is 0.0749. The number of hydrogen-bond donors (Lipinski definition) is 1. The van der Waals surface area contributed by atoms with Crippen molar-refractivity contribution in [3.05, 3.63) is 53.9 Å². The van der Waals surface area contributed by atoms with Crippen LogP contribution in [0.1, 0.15) is 22.8 Å². The lowest BCUT2D eigenvalue weighted by atomic mass is 10.1. The lowest BCUT2D eigenvalue weighted by Gasteiger charge is -2.23. The summed E-state index contributed by atoms with van der Waals surface area (Å²) in [6.07, 6.45) is 3.30. The van der Waals surface area contributed by atoms with Gasteiger partial charge >= 0.3 is 0 Å². The van der Waals surface area contributed by atoms with Gasteiger partial charge in [-0.2, -0.15) is 0 Å². The van der Waals surface area contributed by atoms with E-state index in [4.69, 9.17) is 4.74 Å². The van der Waals surface area contributed by atoms with Gasteiger partial charge in [0.05, 0.1) is 12.6 Å². The number of carbonyl (C=O) groups excluding carboxylic acids is 1. The highest BCUT2D eigenvalue weighted by Gasteiger charge is 2.18. The highest BCUT2D eigenvalue weighted by molar-refractivity contribution is 5.94. The molecule has 116 valence electrons. The predicted octanol–water partition coefficient (Wildman–Crippen LogP) is 2.64. The van der Waals surface area contributed by atoms with E-state index in [1.165, 1.54) is 4.90 Å². The third-order valence-corrected chi connectivity index (χ3v) is 3.56. The molecule has 5 nitrogen and oxygen atoms in total. The number of ether oxygens (including phenoxy) is 1. The zero-order valence-electron chi connectivity index (χ0n) is 13.0. The summed E-state index contributed by atoms with van der Waals surface area (Å²) in [7, 11) is 1.67. The minimum Gasteiger partial charge on any atom is -0.457 e. The minimum atomic E-state index is -0.238. The first-order valence-corrected chi connectivity index (χ1v) is 7.09. The number of aliphatic hydroxyl groups is 1. The molecule has 2 rings (SSSR count). The number of aryl methyl sites for hydroxylation is 1. The number of likely N-dealkylation sites (N-methyl/N-ethyl adjacent to an activating group) is 1. The van der Waals surface area contributed by atoms with E-state index in [0.717, 1.165) is 5.56 Å². The molecule has 1 aromatic carbocycles. The van der Waals surface area contributed by atoms with Crippen LogP contribution >= 0.6 is 0 Å². The van der Waals surface area contributed by atoms with Crippen LogP contribution in [0.4, 0.5) is 0 Å². The molecular formula is C17H20N2O3. The molecule has 0 fully saturated rings. The smallest absolute Gasteiger partial charge is 0.254 e. The number of benzene rings is 1. The number of carbonyl (C=O) groups is 1. The van der Waals surface area contributed by atoms with Gasteiger partial charge in [0.25, 0.3) is 5.91 Å². The molecule has 0 saturated heterocycles. The Bertz CT molecular complexity index is 644. The van der Waals surface area contributed by atoms with Crippen molar-refractivity contribution in [1.29, 1.82) is 0 Å². The van der Waals surface area contributed by atoms with Crippen molar-refractivity contribution in [1.82, 2.24) is 9.88 Å². The Morgan fingerprint density at radius 2 is 2.00 bits per heavy atom. The van der Waals surface area contributed by atoms with Gasteiger partial charge < -0.3 is 14.7 Å². The number of nitrogens with zero attached hydrogens (tertiary/aromatic N) is 2. The largest absolute Gasteiger partial charge is 0.457 e. The summed E-state index contributed by atoms with van der Waals surface area (Å²) in [4.78, 5) is 17.9. The summed E-state index contributed by atoms with van der Waals surface area (Å²) < 4.78 is 5.81. The summed E-state index contributed by atoms with van der Waals surface area (Å²) in [6.45, 7) is 3.64. The molecule has 1 aromatic heterocycles. The Kier molecular flexibility index (Phi) is 5.12. The van der Waals surface area contributed by atoms with Crippen LogP contribution in [0.2, 0.25) is 0 Å². The molecule has 0 saturated carbocycles. The van der Waals surface area contributed by atoms with Crippen molar-refractivity contribution >= 4 is 5.91 Å². The second-order valence-corrected chi connectivity index (χ2v) is 5.21. The number of aliphatic hydroxyl groups excluding tert-OH is 1. The number of aromatic nitrogens is 1. The first-order valence-electron chi connectivity index (χ1n) is 7.09. The maximum absolute atomic E-state index is 12.4. The fourth-order valence-corrected chi connectivity index (χ4v) is 1.90. The fraction of sp³-hybridized carbons (Fsp3) is 0.294. The molecule has 1 unspecified atom stereocenters. The molecule has 5 heteroatoms. The topological polar surface area (TPSA) is 62.7 Å². The molecule has 2 aromatic rings. The highest BCUT2D eigenvalue weighted by atomic mass is 16.5. The van der Waals surface area contributed by atoms with Gasteiger partial charge in [-0.25, -0.2) is 0 Å². The second-order valence-electron chi connectivity index (χ2n) is 5.21. The van der Waals surface area contributed by atoms with Gasteiger partial charge in [-0.05, 0) is 43.7 Å². The molecule has 22 heavy (non-hydrogen) atoms. The summed E-state index contributed by atoms with van der Waals surface area (Å²) in [5.74, 6) is 1.14. The van der Waals surface area contributed by atoms with Gasteiger partial charge in [0.15, 0.2) is 0 Å². The summed E-state index contributed by atoms with van der Waals surface area (Å²) >= 11 is 0. The Hall–Kier alpha value is -2.40. The molecule has 1 atom stereocenters. The normalized spacial score (nSPS) is 11.8. The van der Waals surface area contributed by atoms with Gasteiger partial charge in [-0.3, -0.25) is 9.78 Å². The SMILES string of the molecule is Cc1ccc(C(=O)N(C)C(C)CO)cc1Oc1ccncc1. The quantitative estimate of drug-likeness (QED) is 0.922. The van der Waals surface area contributed by atoms with Crippen LogP contribution in [0, 0.1) is 6.92 Å². The Balaban J connectivity index is 2.25. The number of pyridine rings is 1. The van der Waals surface area contributed by atoms with E-state index in [1.54, 1.807) is 50.6 Å². The van der Waals surface area contributed by atoms with Crippen molar-refractivity contribution in [3.8, 4) is 11.5 Å². The van der Waals surface area contributed by atoms with Gasteiger partial charge in [-0.15, -0.1) is 0 Å². The van der Waals surface area contributed by atoms with Crippen LogP contribution in [0.5, 0.6) is 11.5 Å². The molecule has 0 bridgehead atoms. The van der Waals surface area contributed by atoms with E-state index < -0.39 is 0 Å². The summed E-state index contributed by atoms with van der Waals surface area (Å²) in [5.41, 5.74) is 1.46. The van der Waals surface area contributed by atoms with E-state index in [1.807, 2.05) is 13.0 Å². The maximum atomic E-state index is 12.4. The summed E-state index contributed by atoms with van der Waals surface area (Å²) in [5, 5.41) is 9.17. The Labute approximate surface area is 130 Å². The van der Waals surface area contributed by atoms with Crippen LogP contribution in [0.3, 0.4) is 0 Å². The predicted molar refractivity (Wildman–Crippen MR) is 84.1 cm³/mol. The van der Waals surface area contributed by atoms with E-state index in [0.29, 0.717) is 17.1 Å². The number of amides is 1. The first-order chi connectivity index (χ1) is 10.5. The van der Waals surface area contributed by atoms with E-state index in [9.17, 15) is 9.90 Å². The maximum Gasteiger partial charge on any atom is 0.254 e. The van der Waals surface area contributed by atoms with Crippen molar-refractivity contribution < 1.29 is 14.6 Å². The van der Waals surface area contributed by atoms with Crippen LogP contribution in [0.25, 0.3) is 0 Å². The molecule has 0 radical (unpaired) electrons. The lowest BCUT2D eigenvalue weighted by molar-refractivity contribution is 0.0682. The van der Waals surface area contributed by atoms with Gasteiger partial charge in [-0.1, -0.05) is 6.07 Å². The van der Waals surface area contributed by atoms with E-state index in [2.05, 4.69) is 4.98 Å². The third kappa shape index (κ3) is 3.62. The molecular weight excluding hydrogens is 280 g/mol. The standard InChI is InChI=1S/C17H20N2O3/c1-12-4-5-14(17(21)19(3)13(2)11-20)10-16(12)22-15-6-8-18-9-7-15/h4-10,13,20H,11H2,1-3H3. The van der Waals surface area contributed by atoms with Crippen molar-refractivity contribution in [2.75, 3.05) is 13.7 Å². The van der Waals surface area contributed by atoms with Crippen LogP contribution in [0.15, 0.2) is 42.7 Å². The molecule has 0 spiro atoms. The monoisotopic (exact) mass is 300 g/mol. The molecule has 0 aliphatic heterocycles. The lowest BCUT2D eigenvalue weighted by Crippen LogP contribution is -2.37. The van der Waals surface area contributed by atoms with Crippen LogP contribution < -0.4 is 4.74 Å². The third-order valence-electron chi connectivity index (χ3n) is 3.56. The Morgan fingerprint density at radius 3 is 2.64 bits per heavy atom. The second kappa shape index (κ2) is 7.04. The zero-order valence-corrected chi connectivity index (χ0v) is 13.0. The summed E-state index contributed by atoms with van der Waals surface area (Å²) in [6, 6.07) is 8.61. The number of rotatable bonds is 5. The molecule has 1 N–H and O–H groups in total. The molecule has 0 aliphatic rings. The van der Waals surface area contributed by atoms with Gasteiger partial charge in [0.1, 0.15) is 11.5 Å². The zero-order chi connectivity index (χ0) is 16.1. The van der Waals surface area contributed by atoms with Gasteiger partial charge in [0.2, 0.25) is 0 Å². The average Bonchev–Trinajstić information content (AvgIpc) is 2.55. The average molecular weight is 300 g/mol. The van der Waals surface area contributed by atoms with Gasteiger partial charge in [0, 0.05) is 25.0 Å². The molecule has 0 aliphatic carbocycles. The fourth-order valence-electron chi connectivity index (χ4n) is 1.90. The van der Waals surface area contributed by atoms with E-state index >= 15 is 0 Å². The highest BCUT2D eigenvalue weighted by Crippen LogP contribution is 2.26.